The van der Waals surface area contributed by atoms with Crippen molar-refractivity contribution >= 4 is 17.7 Å². The Kier molecular flexibility index (Phi) is 4.29. The molecule has 5 heteroatoms. The molecule has 0 saturated carbocycles. The van der Waals surface area contributed by atoms with Crippen LogP contribution in [-0.4, -0.2) is 61.2 Å². The molecule has 2 fully saturated rings. The van der Waals surface area contributed by atoms with Gasteiger partial charge in [-0.2, -0.15) is 11.8 Å². The summed E-state index contributed by atoms with van der Waals surface area (Å²) >= 11 is 1.94. The first-order valence-electron chi connectivity index (χ1n) is 5.55. The number of hydrogen-bond donors (Lipinski definition) is 1. The zero-order chi connectivity index (χ0) is 10.5. The molecule has 0 bridgehead atoms. The maximum atomic E-state index is 12.1. The standard InChI is InChI=1S/C10H18N2O2S/c13-10(9-8-14-5-2-11-9)12-3-1-6-15-7-4-12/h9,11H,1-8H2. The summed E-state index contributed by atoms with van der Waals surface area (Å²) in [5.74, 6) is 2.47. The third kappa shape index (κ3) is 3.09. The van der Waals surface area contributed by atoms with Crippen molar-refractivity contribution in [3.8, 4) is 0 Å². The van der Waals surface area contributed by atoms with Crippen molar-refractivity contribution in [3.63, 3.8) is 0 Å². The first kappa shape index (κ1) is 11.2. The van der Waals surface area contributed by atoms with Crippen LogP contribution in [0.1, 0.15) is 6.42 Å². The molecule has 0 aliphatic carbocycles. The number of ether oxygens (including phenoxy) is 1. The SMILES string of the molecule is O=C(C1COCCN1)N1CCCSCC1. The summed E-state index contributed by atoms with van der Waals surface area (Å²) in [6, 6.07) is -0.109. The smallest absolute Gasteiger partial charge is 0.242 e. The first-order valence-corrected chi connectivity index (χ1v) is 6.71. The Morgan fingerprint density at radius 2 is 2.33 bits per heavy atom. The molecule has 1 atom stereocenters. The third-order valence-electron chi connectivity index (χ3n) is 2.75. The van der Waals surface area contributed by atoms with Crippen LogP contribution in [0.4, 0.5) is 0 Å². The molecule has 2 saturated heterocycles. The van der Waals surface area contributed by atoms with Crippen LogP contribution in [0.15, 0.2) is 0 Å². The van der Waals surface area contributed by atoms with Crippen molar-refractivity contribution in [2.24, 2.45) is 0 Å². The number of thioether (sulfide) groups is 1. The molecule has 2 aliphatic rings. The van der Waals surface area contributed by atoms with Gasteiger partial charge < -0.3 is 15.0 Å². The van der Waals surface area contributed by atoms with Crippen LogP contribution in [0.2, 0.25) is 0 Å². The van der Waals surface area contributed by atoms with E-state index in [9.17, 15) is 4.79 Å². The highest BCUT2D eigenvalue weighted by molar-refractivity contribution is 7.99. The van der Waals surface area contributed by atoms with E-state index in [4.69, 9.17) is 4.74 Å². The monoisotopic (exact) mass is 230 g/mol. The summed E-state index contributed by atoms with van der Waals surface area (Å²) in [6.07, 6.45) is 1.12. The number of nitrogens with zero attached hydrogens (tertiary/aromatic N) is 1. The normalized spacial score (nSPS) is 28.5. The zero-order valence-electron chi connectivity index (χ0n) is 8.91. The molecule has 0 radical (unpaired) electrons. The van der Waals surface area contributed by atoms with Crippen molar-refractivity contribution in [2.45, 2.75) is 12.5 Å². The van der Waals surface area contributed by atoms with E-state index in [0.717, 1.165) is 38.4 Å². The van der Waals surface area contributed by atoms with E-state index in [1.165, 1.54) is 5.75 Å². The maximum Gasteiger partial charge on any atom is 0.242 e. The molecule has 2 heterocycles. The molecule has 2 aliphatic heterocycles. The number of morpholine rings is 1. The van der Waals surface area contributed by atoms with Gasteiger partial charge in [-0.05, 0) is 12.2 Å². The van der Waals surface area contributed by atoms with Crippen LogP contribution in [0, 0.1) is 0 Å². The average molecular weight is 230 g/mol. The molecule has 4 nitrogen and oxygen atoms in total. The van der Waals surface area contributed by atoms with E-state index in [1.54, 1.807) is 0 Å². The summed E-state index contributed by atoms with van der Waals surface area (Å²) in [5, 5.41) is 3.21. The fraction of sp³-hybridized carbons (Fsp3) is 0.900. The molecule has 1 amide bonds. The number of carbonyl (C=O) groups excluding carboxylic acids is 1. The van der Waals surface area contributed by atoms with Crippen molar-refractivity contribution < 1.29 is 9.53 Å². The van der Waals surface area contributed by atoms with Gasteiger partial charge in [0.2, 0.25) is 5.91 Å². The first-order chi connectivity index (χ1) is 7.38. The predicted octanol–water partition coefficient (Wildman–Crippen LogP) is -0.0597. The minimum absolute atomic E-state index is 0.109. The number of hydrogen-bond acceptors (Lipinski definition) is 4. The molecule has 0 aromatic carbocycles. The van der Waals surface area contributed by atoms with E-state index in [-0.39, 0.29) is 11.9 Å². The minimum Gasteiger partial charge on any atom is -0.378 e. The average Bonchev–Trinajstić information content (AvgIpc) is 2.58. The Bertz CT molecular complexity index is 211. The molecule has 0 spiro atoms. The van der Waals surface area contributed by atoms with Gasteiger partial charge in [0.05, 0.1) is 13.2 Å². The molecule has 86 valence electrons. The van der Waals surface area contributed by atoms with Crippen LogP contribution in [0.25, 0.3) is 0 Å². The van der Waals surface area contributed by atoms with Crippen molar-refractivity contribution in [1.82, 2.24) is 10.2 Å². The summed E-state index contributed by atoms with van der Waals surface area (Å²) in [6.45, 7) is 3.84. The van der Waals surface area contributed by atoms with Gasteiger partial charge in [0.1, 0.15) is 6.04 Å². The Morgan fingerprint density at radius 1 is 1.40 bits per heavy atom. The molecule has 2 rings (SSSR count). The molecule has 15 heavy (non-hydrogen) atoms. The molecule has 1 unspecified atom stereocenters. The summed E-state index contributed by atoms with van der Waals surface area (Å²) in [4.78, 5) is 14.1. The molecular weight excluding hydrogens is 212 g/mol. The van der Waals surface area contributed by atoms with Crippen LogP contribution in [0.3, 0.4) is 0 Å². The predicted molar refractivity (Wildman–Crippen MR) is 61.1 cm³/mol. The number of carbonyl (C=O) groups is 1. The highest BCUT2D eigenvalue weighted by Crippen LogP contribution is 2.11. The Morgan fingerprint density at radius 3 is 3.13 bits per heavy atom. The highest BCUT2D eigenvalue weighted by Gasteiger charge is 2.26. The van der Waals surface area contributed by atoms with E-state index < -0.39 is 0 Å². The van der Waals surface area contributed by atoms with Crippen molar-refractivity contribution in [3.05, 3.63) is 0 Å². The van der Waals surface area contributed by atoms with Gasteiger partial charge in [-0.25, -0.2) is 0 Å². The van der Waals surface area contributed by atoms with Gasteiger partial charge in [-0.3, -0.25) is 4.79 Å². The van der Waals surface area contributed by atoms with E-state index in [2.05, 4.69) is 5.32 Å². The second kappa shape index (κ2) is 5.72. The number of amides is 1. The maximum absolute atomic E-state index is 12.1. The van der Waals surface area contributed by atoms with Gasteiger partial charge in [-0.1, -0.05) is 0 Å². The Balaban J connectivity index is 1.87. The van der Waals surface area contributed by atoms with E-state index in [1.807, 2.05) is 16.7 Å². The van der Waals surface area contributed by atoms with E-state index in [0.29, 0.717) is 6.61 Å². The highest BCUT2D eigenvalue weighted by atomic mass is 32.2. The molecule has 0 aromatic heterocycles. The Hall–Kier alpha value is -0.260. The van der Waals surface area contributed by atoms with E-state index >= 15 is 0 Å². The Labute approximate surface area is 94.7 Å². The largest absolute Gasteiger partial charge is 0.378 e. The fourth-order valence-corrected chi connectivity index (χ4v) is 2.80. The van der Waals surface area contributed by atoms with Crippen LogP contribution < -0.4 is 5.32 Å². The lowest BCUT2D eigenvalue weighted by molar-refractivity contribution is -0.136. The fourth-order valence-electron chi connectivity index (χ4n) is 1.91. The lowest BCUT2D eigenvalue weighted by Gasteiger charge is -2.29. The second-order valence-corrected chi connectivity index (χ2v) is 5.10. The van der Waals surface area contributed by atoms with Gasteiger partial charge in [0.15, 0.2) is 0 Å². The topological polar surface area (TPSA) is 41.6 Å². The van der Waals surface area contributed by atoms with Crippen LogP contribution >= 0.6 is 11.8 Å². The minimum atomic E-state index is -0.109. The van der Waals surface area contributed by atoms with Crippen molar-refractivity contribution in [1.29, 1.82) is 0 Å². The zero-order valence-corrected chi connectivity index (χ0v) is 9.72. The number of rotatable bonds is 1. The molecule has 0 aromatic rings. The summed E-state index contributed by atoms with van der Waals surface area (Å²) in [7, 11) is 0. The van der Waals surface area contributed by atoms with Crippen molar-refractivity contribution in [2.75, 3.05) is 44.4 Å². The lowest BCUT2D eigenvalue weighted by Crippen LogP contribution is -2.53. The lowest BCUT2D eigenvalue weighted by atomic mass is 10.2. The molecule has 1 N–H and O–H groups in total. The third-order valence-corrected chi connectivity index (χ3v) is 3.80. The van der Waals surface area contributed by atoms with Gasteiger partial charge in [-0.15, -0.1) is 0 Å². The molecular formula is C10H18N2O2S. The van der Waals surface area contributed by atoms with Gasteiger partial charge in [0, 0.05) is 25.4 Å². The summed E-state index contributed by atoms with van der Waals surface area (Å²) in [5.41, 5.74) is 0. The van der Waals surface area contributed by atoms with Gasteiger partial charge >= 0.3 is 0 Å². The summed E-state index contributed by atoms with van der Waals surface area (Å²) < 4.78 is 5.31. The second-order valence-electron chi connectivity index (χ2n) is 3.87. The van der Waals surface area contributed by atoms with Crippen LogP contribution in [0.5, 0.6) is 0 Å². The number of nitrogens with one attached hydrogen (secondary N) is 1. The van der Waals surface area contributed by atoms with Gasteiger partial charge in [0.25, 0.3) is 0 Å². The quantitative estimate of drug-likeness (QED) is 0.685. The van der Waals surface area contributed by atoms with Crippen LogP contribution in [-0.2, 0) is 9.53 Å².